The van der Waals surface area contributed by atoms with Crippen molar-refractivity contribution in [1.29, 1.82) is 0 Å². The van der Waals surface area contributed by atoms with Gasteiger partial charge in [0.1, 0.15) is 11.1 Å². The molecule has 30 heavy (non-hydrogen) atoms. The van der Waals surface area contributed by atoms with E-state index in [4.69, 9.17) is 0 Å². The number of nitrogens with one attached hydrogen (secondary N) is 2. The number of hydrogen-bond acceptors (Lipinski definition) is 5. The second kappa shape index (κ2) is 7.84. The van der Waals surface area contributed by atoms with Gasteiger partial charge in [-0.25, -0.2) is 4.79 Å². The summed E-state index contributed by atoms with van der Waals surface area (Å²) in [7, 11) is 0. The molecule has 2 aromatic carbocycles. The molecule has 0 aliphatic heterocycles. The molecule has 0 fully saturated rings. The van der Waals surface area contributed by atoms with Crippen molar-refractivity contribution in [1.82, 2.24) is 0 Å². The van der Waals surface area contributed by atoms with Crippen LogP contribution in [-0.4, -0.2) is 15.9 Å². The van der Waals surface area contributed by atoms with Crippen LogP contribution in [0.3, 0.4) is 0 Å². The fourth-order valence-electron chi connectivity index (χ4n) is 2.29. The molecular weight excluding hydrogens is 430 g/mol. The quantitative estimate of drug-likeness (QED) is 0.386. The summed E-state index contributed by atoms with van der Waals surface area (Å²) in [5.41, 5.74) is -6.91. The molecule has 0 unspecified atom stereocenters. The average molecular weight is 438 g/mol. The molecule has 0 bridgehead atoms. The van der Waals surface area contributed by atoms with E-state index in [0.717, 1.165) is 12.1 Å². The minimum absolute atomic E-state index is 0.273. The molecule has 0 atom stereocenters. The number of carbonyl (C=O) groups is 1. The van der Waals surface area contributed by atoms with Crippen LogP contribution in [0.15, 0.2) is 36.4 Å². The van der Waals surface area contributed by atoms with E-state index in [1.165, 1.54) is 0 Å². The molecule has 2 aromatic rings. The normalized spacial score (nSPS) is 11.7. The van der Waals surface area contributed by atoms with Crippen molar-refractivity contribution in [3.63, 3.8) is 0 Å². The summed E-state index contributed by atoms with van der Waals surface area (Å²) < 4.78 is 77.6. The molecule has 2 rings (SSSR count). The first kappa shape index (κ1) is 22.4. The summed E-state index contributed by atoms with van der Waals surface area (Å²) in [5.74, 6) is 0. The molecule has 160 valence electrons. The van der Waals surface area contributed by atoms with Crippen molar-refractivity contribution < 1.29 is 41.0 Å². The lowest BCUT2D eigenvalue weighted by molar-refractivity contribution is -0.388. The number of hydrogen-bond donors (Lipinski definition) is 2. The monoisotopic (exact) mass is 438 g/mol. The Morgan fingerprint density at radius 3 is 1.33 bits per heavy atom. The Morgan fingerprint density at radius 1 is 0.733 bits per heavy atom. The molecule has 0 aliphatic carbocycles. The van der Waals surface area contributed by atoms with E-state index in [2.05, 4.69) is 0 Å². The summed E-state index contributed by atoms with van der Waals surface area (Å²) >= 11 is 0. The number of amides is 2. The summed E-state index contributed by atoms with van der Waals surface area (Å²) in [6.07, 6.45) is -10.2. The van der Waals surface area contributed by atoms with Gasteiger partial charge < -0.3 is 10.6 Å². The molecule has 0 saturated carbocycles. The van der Waals surface area contributed by atoms with Crippen LogP contribution in [-0.2, 0) is 12.4 Å². The van der Waals surface area contributed by atoms with E-state index >= 15 is 0 Å². The van der Waals surface area contributed by atoms with Gasteiger partial charge in [-0.15, -0.1) is 0 Å². The highest BCUT2D eigenvalue weighted by atomic mass is 19.4. The Balaban J connectivity index is 2.28. The molecule has 0 saturated heterocycles. The van der Waals surface area contributed by atoms with Crippen LogP contribution in [0.1, 0.15) is 11.1 Å². The van der Waals surface area contributed by atoms with Crippen LogP contribution in [0.25, 0.3) is 0 Å². The highest BCUT2D eigenvalue weighted by Crippen LogP contribution is 2.38. The van der Waals surface area contributed by atoms with Crippen molar-refractivity contribution in [2.45, 2.75) is 12.4 Å². The lowest BCUT2D eigenvalue weighted by atomic mass is 10.1. The van der Waals surface area contributed by atoms with Crippen LogP contribution < -0.4 is 10.6 Å². The molecule has 0 radical (unpaired) electrons. The minimum Gasteiger partial charge on any atom is -0.308 e. The predicted molar refractivity (Wildman–Crippen MR) is 88.8 cm³/mol. The number of nitrogens with zero attached hydrogens (tertiary/aromatic N) is 2. The molecule has 15 heteroatoms. The van der Waals surface area contributed by atoms with Crippen molar-refractivity contribution in [2.75, 3.05) is 10.6 Å². The zero-order valence-electron chi connectivity index (χ0n) is 14.2. The first-order chi connectivity index (χ1) is 13.7. The van der Waals surface area contributed by atoms with Crippen molar-refractivity contribution in [3.05, 3.63) is 67.8 Å². The first-order valence-corrected chi connectivity index (χ1v) is 7.49. The number of rotatable bonds is 4. The summed E-state index contributed by atoms with van der Waals surface area (Å²) in [4.78, 5) is 30.7. The van der Waals surface area contributed by atoms with Gasteiger partial charge in [0.05, 0.1) is 9.85 Å². The molecule has 0 aliphatic rings. The van der Waals surface area contributed by atoms with Gasteiger partial charge in [-0.1, -0.05) is 0 Å². The maximum absolute atomic E-state index is 12.9. The fraction of sp³-hybridized carbons (Fsp3) is 0.133. The molecule has 9 nitrogen and oxygen atoms in total. The van der Waals surface area contributed by atoms with Gasteiger partial charge in [-0.05, 0) is 24.3 Å². The SMILES string of the molecule is O=C(Nc1ccc([N+](=O)[O-])c(C(F)(F)F)c1)Nc1ccc([N+](=O)[O-])c(C(F)(F)F)c1. The number of benzene rings is 2. The van der Waals surface area contributed by atoms with E-state index in [1.807, 2.05) is 10.6 Å². The summed E-state index contributed by atoms with van der Waals surface area (Å²) in [6, 6.07) is 1.80. The molecule has 0 spiro atoms. The van der Waals surface area contributed by atoms with Gasteiger partial charge >= 0.3 is 18.4 Å². The van der Waals surface area contributed by atoms with Crippen molar-refractivity contribution in [2.24, 2.45) is 0 Å². The fourth-order valence-corrected chi connectivity index (χ4v) is 2.29. The highest BCUT2D eigenvalue weighted by molar-refractivity contribution is 6.00. The van der Waals surface area contributed by atoms with Crippen LogP contribution in [0, 0.1) is 20.2 Å². The van der Waals surface area contributed by atoms with Crippen molar-refractivity contribution in [3.8, 4) is 0 Å². The van der Waals surface area contributed by atoms with Crippen LogP contribution in [0.5, 0.6) is 0 Å². The van der Waals surface area contributed by atoms with Crippen LogP contribution in [0.2, 0.25) is 0 Å². The predicted octanol–water partition coefficient (Wildman–Crippen LogP) is 5.18. The lowest BCUT2D eigenvalue weighted by Gasteiger charge is -2.12. The summed E-state index contributed by atoms with van der Waals surface area (Å²) in [6.45, 7) is 0. The molecule has 0 aromatic heterocycles. The standard InChI is InChI=1S/C15H8F6N4O5/c16-14(17,18)9-5-7(1-3-11(9)24(27)28)22-13(26)23-8-2-4-12(25(29)30)10(6-8)15(19,20)21/h1-6H,(H2,22,23,26). The summed E-state index contributed by atoms with van der Waals surface area (Å²) in [5, 5.41) is 25.1. The zero-order valence-corrected chi connectivity index (χ0v) is 14.2. The Kier molecular flexibility index (Phi) is 5.85. The topological polar surface area (TPSA) is 127 Å². The smallest absolute Gasteiger partial charge is 0.308 e. The van der Waals surface area contributed by atoms with Crippen LogP contribution in [0.4, 0.5) is 53.9 Å². The maximum atomic E-state index is 12.9. The number of carbonyl (C=O) groups excluding carboxylic acids is 1. The number of nitro benzene ring substituents is 2. The Hall–Kier alpha value is -3.91. The Morgan fingerprint density at radius 2 is 1.07 bits per heavy atom. The maximum Gasteiger partial charge on any atom is 0.423 e. The molecule has 2 amide bonds. The third-order valence-electron chi connectivity index (χ3n) is 3.51. The number of nitro groups is 2. The Bertz CT molecular complexity index is 942. The van der Waals surface area contributed by atoms with Gasteiger partial charge in [0.25, 0.3) is 11.4 Å². The van der Waals surface area contributed by atoms with Crippen molar-refractivity contribution >= 4 is 28.8 Å². The van der Waals surface area contributed by atoms with E-state index in [0.29, 0.717) is 12.1 Å². The molecule has 2 N–H and O–H groups in total. The largest absolute Gasteiger partial charge is 0.423 e. The highest BCUT2D eigenvalue weighted by Gasteiger charge is 2.39. The number of anilines is 2. The third kappa shape index (κ3) is 5.12. The van der Waals surface area contributed by atoms with Gasteiger partial charge in [-0.3, -0.25) is 20.2 Å². The Labute approximate surface area is 161 Å². The third-order valence-corrected chi connectivity index (χ3v) is 3.51. The number of alkyl halides is 6. The van der Waals surface area contributed by atoms with E-state index < -0.39 is 62.1 Å². The first-order valence-electron chi connectivity index (χ1n) is 7.49. The van der Waals surface area contributed by atoms with Gasteiger partial charge in [0, 0.05) is 23.5 Å². The van der Waals surface area contributed by atoms with Gasteiger partial charge in [0.15, 0.2) is 0 Å². The van der Waals surface area contributed by atoms with Gasteiger partial charge in [-0.2, -0.15) is 26.3 Å². The number of urea groups is 1. The number of halogens is 6. The second-order valence-electron chi connectivity index (χ2n) is 5.55. The van der Waals surface area contributed by atoms with E-state index in [9.17, 15) is 51.4 Å². The second-order valence-corrected chi connectivity index (χ2v) is 5.55. The molecular formula is C15H8F6N4O5. The lowest BCUT2D eigenvalue weighted by Crippen LogP contribution is -2.20. The van der Waals surface area contributed by atoms with E-state index in [-0.39, 0.29) is 12.1 Å². The minimum atomic E-state index is -5.11. The van der Waals surface area contributed by atoms with Crippen LogP contribution >= 0.6 is 0 Å². The average Bonchev–Trinajstić information content (AvgIpc) is 2.59. The molecule has 0 heterocycles. The zero-order chi connectivity index (χ0) is 22.9. The van der Waals surface area contributed by atoms with Gasteiger partial charge in [0.2, 0.25) is 0 Å². The van der Waals surface area contributed by atoms with E-state index in [1.54, 1.807) is 0 Å².